The molecule has 1 amide bonds. The Bertz CT molecular complexity index is 282. The Hall–Kier alpha value is -1.55. The highest BCUT2D eigenvalue weighted by atomic mass is 16.3. The summed E-state index contributed by atoms with van der Waals surface area (Å²) in [5.74, 6) is -0.436. The molecule has 0 heterocycles. The van der Waals surface area contributed by atoms with E-state index >= 15 is 0 Å². The van der Waals surface area contributed by atoms with Crippen LogP contribution >= 0.6 is 0 Å². The van der Waals surface area contributed by atoms with Gasteiger partial charge in [0.2, 0.25) is 5.91 Å². The van der Waals surface area contributed by atoms with Crippen molar-refractivity contribution in [2.75, 3.05) is 18.5 Å². The molecule has 1 aromatic carbocycles. The van der Waals surface area contributed by atoms with E-state index in [1.54, 1.807) is 24.3 Å². The van der Waals surface area contributed by atoms with Crippen LogP contribution in [0.1, 0.15) is 10.4 Å². The highest BCUT2D eigenvalue weighted by Gasteiger charge is 1.98. The lowest BCUT2D eigenvalue weighted by molar-refractivity contribution is 0.100. The second-order valence-corrected chi connectivity index (χ2v) is 2.59. The SMILES string of the molecule is NC(=O)c1ccc(NCCO)cc1. The van der Waals surface area contributed by atoms with E-state index in [1.165, 1.54) is 0 Å². The van der Waals surface area contributed by atoms with E-state index in [4.69, 9.17) is 10.8 Å². The zero-order valence-corrected chi connectivity index (χ0v) is 7.16. The zero-order chi connectivity index (χ0) is 9.68. The molecule has 0 radical (unpaired) electrons. The number of rotatable bonds is 4. The van der Waals surface area contributed by atoms with Crippen LogP contribution in [0.3, 0.4) is 0 Å². The Labute approximate surface area is 76.4 Å². The van der Waals surface area contributed by atoms with Gasteiger partial charge in [0, 0.05) is 17.8 Å². The average molecular weight is 180 g/mol. The maximum atomic E-state index is 10.7. The predicted octanol–water partition coefficient (Wildman–Crippen LogP) is 0.190. The number of nitrogens with one attached hydrogen (secondary N) is 1. The van der Waals surface area contributed by atoms with E-state index in [-0.39, 0.29) is 6.61 Å². The highest BCUT2D eigenvalue weighted by molar-refractivity contribution is 5.93. The third-order valence-corrected chi connectivity index (χ3v) is 1.61. The maximum absolute atomic E-state index is 10.7. The van der Waals surface area contributed by atoms with Crippen LogP contribution in [0.25, 0.3) is 0 Å². The van der Waals surface area contributed by atoms with Gasteiger partial charge in [-0.2, -0.15) is 0 Å². The first-order chi connectivity index (χ1) is 6.24. The second-order valence-electron chi connectivity index (χ2n) is 2.59. The first kappa shape index (κ1) is 9.54. The molecule has 0 saturated heterocycles. The number of hydrogen-bond acceptors (Lipinski definition) is 3. The van der Waals surface area contributed by atoms with E-state index in [0.717, 1.165) is 5.69 Å². The van der Waals surface area contributed by atoms with Gasteiger partial charge in [0.05, 0.1) is 6.61 Å². The molecule has 0 fully saturated rings. The van der Waals surface area contributed by atoms with Crippen LogP contribution in [0.5, 0.6) is 0 Å². The Morgan fingerprint density at radius 1 is 1.38 bits per heavy atom. The molecule has 70 valence electrons. The van der Waals surface area contributed by atoms with Crippen molar-refractivity contribution in [3.8, 4) is 0 Å². The average Bonchev–Trinajstić information content (AvgIpc) is 2.15. The molecule has 0 aliphatic heterocycles. The van der Waals surface area contributed by atoms with Crippen LogP contribution in [0.15, 0.2) is 24.3 Å². The first-order valence-electron chi connectivity index (χ1n) is 3.98. The van der Waals surface area contributed by atoms with Crippen LogP contribution in [0, 0.1) is 0 Å². The number of benzene rings is 1. The van der Waals surface area contributed by atoms with Gasteiger partial charge in [-0.15, -0.1) is 0 Å². The number of anilines is 1. The van der Waals surface area contributed by atoms with E-state index in [1.807, 2.05) is 0 Å². The van der Waals surface area contributed by atoms with Crippen molar-refractivity contribution in [2.45, 2.75) is 0 Å². The largest absolute Gasteiger partial charge is 0.395 e. The molecule has 0 bridgehead atoms. The Morgan fingerprint density at radius 3 is 2.46 bits per heavy atom. The van der Waals surface area contributed by atoms with Crippen molar-refractivity contribution in [1.82, 2.24) is 0 Å². The van der Waals surface area contributed by atoms with E-state index in [0.29, 0.717) is 12.1 Å². The molecule has 0 aliphatic carbocycles. The van der Waals surface area contributed by atoms with Crippen molar-refractivity contribution in [3.63, 3.8) is 0 Å². The highest BCUT2D eigenvalue weighted by Crippen LogP contribution is 2.08. The zero-order valence-electron chi connectivity index (χ0n) is 7.16. The summed E-state index contributed by atoms with van der Waals surface area (Å²) in [5, 5.41) is 11.5. The minimum atomic E-state index is -0.436. The van der Waals surface area contributed by atoms with Gasteiger partial charge in [-0.1, -0.05) is 0 Å². The molecule has 0 unspecified atom stereocenters. The molecule has 0 aromatic heterocycles. The molecule has 0 saturated carbocycles. The summed E-state index contributed by atoms with van der Waals surface area (Å²) in [5.41, 5.74) is 6.41. The summed E-state index contributed by atoms with van der Waals surface area (Å²) in [7, 11) is 0. The van der Waals surface area contributed by atoms with Crippen LogP contribution in [-0.4, -0.2) is 24.2 Å². The normalized spacial score (nSPS) is 9.62. The third-order valence-electron chi connectivity index (χ3n) is 1.61. The fourth-order valence-corrected chi connectivity index (χ4v) is 0.953. The number of aliphatic hydroxyl groups is 1. The summed E-state index contributed by atoms with van der Waals surface area (Å²) in [6, 6.07) is 6.77. The monoisotopic (exact) mass is 180 g/mol. The molecule has 4 nitrogen and oxygen atoms in total. The van der Waals surface area contributed by atoms with Gasteiger partial charge in [-0.3, -0.25) is 4.79 Å². The number of carbonyl (C=O) groups is 1. The summed E-state index contributed by atoms with van der Waals surface area (Å²) >= 11 is 0. The number of primary amides is 1. The Kier molecular flexibility index (Phi) is 3.28. The van der Waals surface area contributed by atoms with Crippen LogP contribution in [0.2, 0.25) is 0 Å². The molecule has 0 spiro atoms. The maximum Gasteiger partial charge on any atom is 0.248 e. The lowest BCUT2D eigenvalue weighted by Crippen LogP contribution is -2.11. The quantitative estimate of drug-likeness (QED) is 0.619. The van der Waals surface area contributed by atoms with Gasteiger partial charge in [0.25, 0.3) is 0 Å². The summed E-state index contributed by atoms with van der Waals surface area (Å²) in [6.07, 6.45) is 0. The fourth-order valence-electron chi connectivity index (χ4n) is 0.953. The molecule has 1 aromatic rings. The van der Waals surface area contributed by atoms with Crippen LogP contribution in [-0.2, 0) is 0 Å². The smallest absolute Gasteiger partial charge is 0.248 e. The second kappa shape index (κ2) is 4.47. The van der Waals surface area contributed by atoms with Gasteiger partial charge in [-0.25, -0.2) is 0 Å². The molecule has 4 N–H and O–H groups in total. The number of amides is 1. The third kappa shape index (κ3) is 2.76. The summed E-state index contributed by atoms with van der Waals surface area (Å²) in [6.45, 7) is 0.577. The predicted molar refractivity (Wildman–Crippen MR) is 50.5 cm³/mol. The van der Waals surface area contributed by atoms with Gasteiger partial charge in [0.15, 0.2) is 0 Å². The summed E-state index contributed by atoms with van der Waals surface area (Å²) < 4.78 is 0. The Morgan fingerprint density at radius 2 is 2.00 bits per heavy atom. The van der Waals surface area contributed by atoms with Crippen molar-refractivity contribution >= 4 is 11.6 Å². The number of nitrogens with two attached hydrogens (primary N) is 1. The van der Waals surface area contributed by atoms with Crippen LogP contribution < -0.4 is 11.1 Å². The van der Waals surface area contributed by atoms with Crippen molar-refractivity contribution in [3.05, 3.63) is 29.8 Å². The molecular weight excluding hydrogens is 168 g/mol. The van der Waals surface area contributed by atoms with Crippen molar-refractivity contribution in [1.29, 1.82) is 0 Å². The number of hydrogen-bond donors (Lipinski definition) is 3. The van der Waals surface area contributed by atoms with Gasteiger partial charge < -0.3 is 16.2 Å². The van der Waals surface area contributed by atoms with Gasteiger partial charge in [0.1, 0.15) is 0 Å². The molecular formula is C9H12N2O2. The minimum absolute atomic E-state index is 0.0809. The molecule has 13 heavy (non-hydrogen) atoms. The van der Waals surface area contributed by atoms with Crippen LogP contribution in [0.4, 0.5) is 5.69 Å². The fraction of sp³-hybridized carbons (Fsp3) is 0.222. The minimum Gasteiger partial charge on any atom is -0.395 e. The van der Waals surface area contributed by atoms with E-state index < -0.39 is 5.91 Å². The molecule has 0 aliphatic rings. The summed E-state index contributed by atoms with van der Waals surface area (Å²) in [4.78, 5) is 10.7. The molecule has 1 rings (SSSR count). The number of aliphatic hydroxyl groups excluding tert-OH is 1. The number of carbonyl (C=O) groups excluding carboxylic acids is 1. The molecule has 4 heteroatoms. The van der Waals surface area contributed by atoms with E-state index in [2.05, 4.69) is 5.32 Å². The molecule has 0 atom stereocenters. The lowest BCUT2D eigenvalue weighted by atomic mass is 10.2. The van der Waals surface area contributed by atoms with E-state index in [9.17, 15) is 4.79 Å². The van der Waals surface area contributed by atoms with Crippen molar-refractivity contribution < 1.29 is 9.90 Å². The van der Waals surface area contributed by atoms with Crippen molar-refractivity contribution in [2.24, 2.45) is 5.73 Å². The topological polar surface area (TPSA) is 75.4 Å². The standard InChI is InChI=1S/C9H12N2O2/c10-9(13)7-1-3-8(4-2-7)11-5-6-12/h1-4,11-12H,5-6H2,(H2,10,13). The first-order valence-corrected chi connectivity index (χ1v) is 3.98. The van der Waals surface area contributed by atoms with Gasteiger partial charge in [-0.05, 0) is 24.3 Å². The lowest BCUT2D eigenvalue weighted by Gasteiger charge is -2.03. The van der Waals surface area contributed by atoms with Gasteiger partial charge >= 0.3 is 0 Å². The Balaban J connectivity index is 2.64.